The van der Waals surface area contributed by atoms with Crippen molar-refractivity contribution in [1.29, 1.82) is 0 Å². The Bertz CT molecular complexity index is 691. The largest absolute Gasteiger partial charge is 0.321 e. The van der Waals surface area contributed by atoms with Crippen LogP contribution in [0, 0.1) is 10.1 Å². The van der Waals surface area contributed by atoms with Gasteiger partial charge < -0.3 is 5.32 Å². The maximum atomic E-state index is 12.1. The Hall–Kier alpha value is -1.92. The SMILES string of the molecule is O=C(Nc1cccc(Cl)c1Br)c1ccccc1[N+](=O)[O-]. The van der Waals surface area contributed by atoms with Gasteiger partial charge in [0.05, 0.1) is 20.1 Å². The van der Waals surface area contributed by atoms with Crippen LogP contribution in [0.5, 0.6) is 0 Å². The molecule has 1 amide bonds. The quantitative estimate of drug-likeness (QED) is 0.660. The number of rotatable bonds is 3. The molecule has 0 fully saturated rings. The van der Waals surface area contributed by atoms with Crippen molar-refractivity contribution in [3.63, 3.8) is 0 Å². The molecule has 2 rings (SSSR count). The van der Waals surface area contributed by atoms with Gasteiger partial charge >= 0.3 is 0 Å². The lowest BCUT2D eigenvalue weighted by Gasteiger charge is -2.08. The molecule has 0 bridgehead atoms. The van der Waals surface area contributed by atoms with E-state index in [4.69, 9.17) is 11.6 Å². The van der Waals surface area contributed by atoms with Crippen molar-refractivity contribution >= 4 is 44.8 Å². The molecule has 0 spiro atoms. The van der Waals surface area contributed by atoms with Crippen molar-refractivity contribution in [2.75, 3.05) is 5.32 Å². The highest BCUT2D eigenvalue weighted by Gasteiger charge is 2.19. The lowest BCUT2D eigenvalue weighted by Crippen LogP contribution is -2.14. The minimum atomic E-state index is -0.595. The Morgan fingerprint density at radius 1 is 1.20 bits per heavy atom. The summed E-state index contributed by atoms with van der Waals surface area (Å²) in [5, 5.41) is 13.9. The first-order chi connectivity index (χ1) is 9.50. The fraction of sp³-hybridized carbons (Fsp3) is 0. The lowest BCUT2D eigenvalue weighted by atomic mass is 10.1. The van der Waals surface area contributed by atoms with Gasteiger partial charge in [-0.25, -0.2) is 0 Å². The number of hydrogen-bond acceptors (Lipinski definition) is 3. The zero-order valence-electron chi connectivity index (χ0n) is 9.97. The molecule has 20 heavy (non-hydrogen) atoms. The Morgan fingerprint density at radius 3 is 2.60 bits per heavy atom. The molecule has 2 aromatic rings. The normalized spacial score (nSPS) is 10.1. The molecule has 0 unspecified atom stereocenters. The predicted molar refractivity (Wildman–Crippen MR) is 80.2 cm³/mol. The van der Waals surface area contributed by atoms with Gasteiger partial charge in [0.2, 0.25) is 0 Å². The zero-order chi connectivity index (χ0) is 14.7. The maximum absolute atomic E-state index is 12.1. The third-order valence-corrected chi connectivity index (χ3v) is 3.94. The minimum Gasteiger partial charge on any atom is -0.321 e. The number of benzene rings is 2. The Labute approximate surface area is 127 Å². The summed E-state index contributed by atoms with van der Waals surface area (Å²) in [6.07, 6.45) is 0. The summed E-state index contributed by atoms with van der Waals surface area (Å²) in [6.45, 7) is 0. The van der Waals surface area contributed by atoms with Gasteiger partial charge in [-0.2, -0.15) is 0 Å². The number of anilines is 1. The van der Waals surface area contributed by atoms with Gasteiger partial charge in [-0.3, -0.25) is 14.9 Å². The van der Waals surface area contributed by atoms with Crippen molar-refractivity contribution in [2.24, 2.45) is 0 Å². The molecular formula is C13H8BrClN2O3. The first-order valence-corrected chi connectivity index (χ1v) is 6.66. The number of amides is 1. The molecule has 0 aliphatic heterocycles. The van der Waals surface area contributed by atoms with Crippen LogP contribution in [0.4, 0.5) is 11.4 Å². The number of para-hydroxylation sites is 1. The average molecular weight is 356 g/mol. The molecule has 102 valence electrons. The summed E-state index contributed by atoms with van der Waals surface area (Å²) in [7, 11) is 0. The van der Waals surface area contributed by atoms with Crippen LogP contribution in [0.1, 0.15) is 10.4 Å². The van der Waals surface area contributed by atoms with Crippen molar-refractivity contribution in [2.45, 2.75) is 0 Å². The number of halogens is 2. The van der Waals surface area contributed by atoms with Crippen LogP contribution in [0.3, 0.4) is 0 Å². The third-order valence-electron chi connectivity index (χ3n) is 2.55. The number of nitrogens with one attached hydrogen (secondary N) is 1. The van der Waals surface area contributed by atoms with E-state index in [9.17, 15) is 14.9 Å². The summed E-state index contributed by atoms with van der Waals surface area (Å²) in [5.41, 5.74) is 0.188. The number of carbonyl (C=O) groups is 1. The standard InChI is InChI=1S/C13H8BrClN2O3/c14-12-9(15)5-3-6-10(12)16-13(18)8-4-1-2-7-11(8)17(19)20/h1-7H,(H,16,18). The van der Waals surface area contributed by atoms with E-state index in [1.807, 2.05) is 0 Å². The first kappa shape index (κ1) is 14.5. The molecule has 0 aliphatic rings. The first-order valence-electron chi connectivity index (χ1n) is 5.49. The summed E-state index contributed by atoms with van der Waals surface area (Å²) >= 11 is 9.17. The van der Waals surface area contributed by atoms with Crippen LogP contribution < -0.4 is 5.32 Å². The van der Waals surface area contributed by atoms with Gasteiger partial charge in [-0.05, 0) is 34.1 Å². The second kappa shape index (κ2) is 6.02. The van der Waals surface area contributed by atoms with Gasteiger partial charge in [-0.1, -0.05) is 29.8 Å². The highest BCUT2D eigenvalue weighted by Crippen LogP contribution is 2.30. The molecule has 1 N–H and O–H groups in total. The van der Waals surface area contributed by atoms with Gasteiger partial charge in [-0.15, -0.1) is 0 Å². The van der Waals surface area contributed by atoms with Gasteiger partial charge in [0.25, 0.3) is 11.6 Å². The van der Waals surface area contributed by atoms with Crippen molar-refractivity contribution in [3.8, 4) is 0 Å². The van der Waals surface area contributed by atoms with Crippen LogP contribution >= 0.6 is 27.5 Å². The van der Waals surface area contributed by atoms with Gasteiger partial charge in [0.1, 0.15) is 5.56 Å². The Balaban J connectivity index is 2.34. The van der Waals surface area contributed by atoms with Crippen molar-refractivity contribution in [3.05, 3.63) is 67.6 Å². The molecule has 5 nitrogen and oxygen atoms in total. The summed E-state index contributed by atoms with van der Waals surface area (Å²) in [5.74, 6) is -0.569. The molecule has 2 aromatic carbocycles. The number of carbonyl (C=O) groups excluding carboxylic acids is 1. The Morgan fingerprint density at radius 2 is 1.90 bits per heavy atom. The van der Waals surface area contributed by atoms with Gasteiger partial charge in [0, 0.05) is 6.07 Å². The smallest absolute Gasteiger partial charge is 0.282 e. The topological polar surface area (TPSA) is 72.2 Å². The molecule has 7 heteroatoms. The van der Waals surface area contributed by atoms with Crippen LogP contribution in [0.2, 0.25) is 5.02 Å². The molecule has 0 aliphatic carbocycles. The van der Waals surface area contributed by atoms with E-state index in [-0.39, 0.29) is 11.3 Å². The highest BCUT2D eigenvalue weighted by atomic mass is 79.9. The molecule has 0 aromatic heterocycles. The van der Waals surface area contributed by atoms with E-state index in [1.165, 1.54) is 18.2 Å². The van der Waals surface area contributed by atoms with Crippen molar-refractivity contribution in [1.82, 2.24) is 0 Å². The zero-order valence-corrected chi connectivity index (χ0v) is 12.3. The van der Waals surface area contributed by atoms with Crippen molar-refractivity contribution < 1.29 is 9.72 Å². The molecule has 0 radical (unpaired) electrons. The predicted octanol–water partition coefficient (Wildman–Crippen LogP) is 4.26. The number of nitro benzene ring substituents is 1. The summed E-state index contributed by atoms with van der Waals surface area (Å²) in [4.78, 5) is 22.4. The molecular weight excluding hydrogens is 348 g/mol. The fourth-order valence-electron chi connectivity index (χ4n) is 1.61. The maximum Gasteiger partial charge on any atom is 0.282 e. The number of nitro groups is 1. The van der Waals surface area contributed by atoms with E-state index in [0.717, 1.165) is 0 Å². The second-order valence-electron chi connectivity index (χ2n) is 3.83. The second-order valence-corrected chi connectivity index (χ2v) is 5.03. The number of nitrogens with zero attached hydrogens (tertiary/aromatic N) is 1. The van der Waals surface area contributed by atoms with Crippen LogP contribution in [-0.2, 0) is 0 Å². The van der Waals surface area contributed by atoms with Crippen LogP contribution in [0.25, 0.3) is 0 Å². The summed E-state index contributed by atoms with van der Waals surface area (Å²) < 4.78 is 0.522. The molecule has 0 heterocycles. The molecule has 0 saturated carbocycles. The van der Waals surface area contributed by atoms with Crippen LogP contribution in [-0.4, -0.2) is 10.8 Å². The lowest BCUT2D eigenvalue weighted by molar-refractivity contribution is -0.385. The van der Waals surface area contributed by atoms with E-state index < -0.39 is 10.8 Å². The molecule has 0 saturated heterocycles. The fourth-order valence-corrected chi connectivity index (χ4v) is 2.15. The number of hydrogen-bond donors (Lipinski definition) is 1. The van der Waals surface area contributed by atoms with Crippen LogP contribution in [0.15, 0.2) is 46.9 Å². The summed E-state index contributed by atoms with van der Waals surface area (Å²) in [6, 6.07) is 10.7. The third kappa shape index (κ3) is 2.97. The monoisotopic (exact) mass is 354 g/mol. The van der Waals surface area contributed by atoms with E-state index >= 15 is 0 Å². The minimum absolute atomic E-state index is 0.00984. The molecule has 0 atom stereocenters. The average Bonchev–Trinajstić information content (AvgIpc) is 2.43. The van der Waals surface area contributed by atoms with E-state index in [0.29, 0.717) is 15.2 Å². The van der Waals surface area contributed by atoms with E-state index in [2.05, 4.69) is 21.2 Å². The van der Waals surface area contributed by atoms with Gasteiger partial charge in [0.15, 0.2) is 0 Å². The van der Waals surface area contributed by atoms with E-state index in [1.54, 1.807) is 24.3 Å². The Kier molecular flexibility index (Phi) is 4.36. The highest BCUT2D eigenvalue weighted by molar-refractivity contribution is 9.10.